The number of carbonyl (C=O) groups is 1. The fourth-order valence-electron chi connectivity index (χ4n) is 1.53. The second kappa shape index (κ2) is 4.70. The summed E-state index contributed by atoms with van der Waals surface area (Å²) in [5.41, 5.74) is 0. The SMILES string of the molecule is CN(CC#N)C(=O)NC1CCCC1. The summed E-state index contributed by atoms with van der Waals surface area (Å²) in [5.74, 6) is 0. The Kier molecular flexibility index (Phi) is 3.56. The van der Waals surface area contributed by atoms with Crippen LogP contribution in [0, 0.1) is 11.3 Å². The summed E-state index contributed by atoms with van der Waals surface area (Å²) in [5, 5.41) is 11.3. The van der Waals surface area contributed by atoms with Gasteiger partial charge in [-0.15, -0.1) is 0 Å². The molecule has 1 rings (SSSR count). The van der Waals surface area contributed by atoms with E-state index in [1.807, 2.05) is 6.07 Å². The average Bonchev–Trinajstić information content (AvgIpc) is 2.57. The fraction of sp³-hybridized carbons (Fsp3) is 0.778. The highest BCUT2D eigenvalue weighted by molar-refractivity contribution is 5.74. The molecule has 0 aliphatic heterocycles. The van der Waals surface area contributed by atoms with Gasteiger partial charge in [0, 0.05) is 13.1 Å². The summed E-state index contributed by atoms with van der Waals surface area (Å²) in [4.78, 5) is 12.8. The Hall–Kier alpha value is -1.24. The number of rotatable bonds is 2. The minimum atomic E-state index is -0.131. The molecule has 72 valence electrons. The first-order valence-corrected chi connectivity index (χ1v) is 4.62. The molecule has 0 saturated heterocycles. The van der Waals surface area contributed by atoms with E-state index in [1.165, 1.54) is 17.7 Å². The van der Waals surface area contributed by atoms with Crippen molar-refractivity contribution in [1.29, 1.82) is 5.26 Å². The summed E-state index contributed by atoms with van der Waals surface area (Å²) in [6.45, 7) is 0.151. The molecular formula is C9H15N3O. The van der Waals surface area contributed by atoms with Crippen molar-refractivity contribution in [3.63, 3.8) is 0 Å². The average molecular weight is 181 g/mol. The lowest BCUT2D eigenvalue weighted by molar-refractivity contribution is 0.209. The quantitative estimate of drug-likeness (QED) is 0.648. The topological polar surface area (TPSA) is 56.1 Å². The second-order valence-corrected chi connectivity index (χ2v) is 3.45. The van der Waals surface area contributed by atoms with Crippen molar-refractivity contribution in [2.75, 3.05) is 13.6 Å². The normalized spacial score (nSPS) is 16.6. The second-order valence-electron chi connectivity index (χ2n) is 3.45. The van der Waals surface area contributed by atoms with Crippen LogP contribution in [-0.2, 0) is 0 Å². The predicted molar refractivity (Wildman–Crippen MR) is 49.0 cm³/mol. The Bertz CT molecular complexity index is 215. The van der Waals surface area contributed by atoms with Crippen LogP contribution >= 0.6 is 0 Å². The minimum Gasteiger partial charge on any atom is -0.335 e. The van der Waals surface area contributed by atoms with Crippen molar-refractivity contribution >= 4 is 6.03 Å². The molecule has 0 spiro atoms. The summed E-state index contributed by atoms with van der Waals surface area (Å²) in [6.07, 6.45) is 4.55. The Morgan fingerprint density at radius 3 is 2.77 bits per heavy atom. The first-order valence-electron chi connectivity index (χ1n) is 4.62. The molecule has 1 N–H and O–H groups in total. The van der Waals surface area contributed by atoms with E-state index in [2.05, 4.69) is 5.32 Å². The van der Waals surface area contributed by atoms with Gasteiger partial charge in [-0.05, 0) is 12.8 Å². The molecule has 0 aromatic carbocycles. The highest BCUT2D eigenvalue weighted by Crippen LogP contribution is 2.17. The highest BCUT2D eigenvalue weighted by atomic mass is 16.2. The first kappa shape index (κ1) is 9.85. The molecule has 0 aromatic rings. The first-order chi connectivity index (χ1) is 6.24. The van der Waals surface area contributed by atoms with E-state index in [4.69, 9.17) is 5.26 Å². The van der Waals surface area contributed by atoms with E-state index in [-0.39, 0.29) is 12.6 Å². The van der Waals surface area contributed by atoms with Crippen LogP contribution < -0.4 is 5.32 Å². The van der Waals surface area contributed by atoms with Crippen molar-refractivity contribution < 1.29 is 4.79 Å². The molecule has 2 amide bonds. The third-order valence-corrected chi connectivity index (χ3v) is 2.34. The van der Waals surface area contributed by atoms with Crippen molar-refractivity contribution in [3.05, 3.63) is 0 Å². The number of nitrogens with one attached hydrogen (secondary N) is 1. The van der Waals surface area contributed by atoms with Gasteiger partial charge in [0.2, 0.25) is 0 Å². The largest absolute Gasteiger partial charge is 0.335 e. The maximum atomic E-state index is 11.4. The Morgan fingerprint density at radius 2 is 2.23 bits per heavy atom. The van der Waals surface area contributed by atoms with Crippen molar-refractivity contribution in [1.82, 2.24) is 10.2 Å². The van der Waals surface area contributed by atoms with Crippen LogP contribution in [0.4, 0.5) is 4.79 Å². The third kappa shape index (κ3) is 2.94. The van der Waals surface area contributed by atoms with E-state index < -0.39 is 0 Å². The van der Waals surface area contributed by atoms with Gasteiger partial charge in [-0.25, -0.2) is 4.79 Å². The van der Waals surface area contributed by atoms with Crippen molar-refractivity contribution in [2.24, 2.45) is 0 Å². The van der Waals surface area contributed by atoms with Crippen molar-refractivity contribution in [2.45, 2.75) is 31.7 Å². The van der Waals surface area contributed by atoms with Gasteiger partial charge in [0.25, 0.3) is 0 Å². The molecule has 1 aliphatic carbocycles. The molecule has 0 unspecified atom stereocenters. The summed E-state index contributed by atoms with van der Waals surface area (Å²) < 4.78 is 0. The summed E-state index contributed by atoms with van der Waals surface area (Å²) in [6, 6.07) is 2.13. The van der Waals surface area contributed by atoms with Crippen molar-refractivity contribution in [3.8, 4) is 6.07 Å². The lowest BCUT2D eigenvalue weighted by Gasteiger charge is -2.18. The fourth-order valence-corrected chi connectivity index (χ4v) is 1.53. The molecule has 4 nitrogen and oxygen atoms in total. The van der Waals surface area contributed by atoms with Crippen LogP contribution in [-0.4, -0.2) is 30.6 Å². The molecule has 1 fully saturated rings. The Morgan fingerprint density at radius 1 is 1.62 bits per heavy atom. The van der Waals surface area contributed by atoms with Gasteiger partial charge in [0.1, 0.15) is 6.54 Å². The van der Waals surface area contributed by atoms with Gasteiger partial charge in [-0.2, -0.15) is 5.26 Å². The van der Waals surface area contributed by atoms with Crippen LogP contribution in [0.1, 0.15) is 25.7 Å². The molecule has 4 heteroatoms. The zero-order valence-electron chi connectivity index (χ0n) is 7.92. The molecule has 0 aromatic heterocycles. The van der Waals surface area contributed by atoms with Gasteiger partial charge in [0.15, 0.2) is 0 Å². The number of nitrogens with zero attached hydrogens (tertiary/aromatic N) is 2. The van der Waals surface area contributed by atoms with E-state index in [0.717, 1.165) is 12.8 Å². The molecule has 0 bridgehead atoms. The number of hydrogen-bond acceptors (Lipinski definition) is 2. The van der Waals surface area contributed by atoms with Crippen LogP contribution in [0.3, 0.4) is 0 Å². The van der Waals surface area contributed by atoms with E-state index in [9.17, 15) is 4.79 Å². The highest BCUT2D eigenvalue weighted by Gasteiger charge is 2.18. The lowest BCUT2D eigenvalue weighted by atomic mass is 10.2. The number of urea groups is 1. The molecule has 13 heavy (non-hydrogen) atoms. The van der Waals surface area contributed by atoms with Crippen LogP contribution in [0.2, 0.25) is 0 Å². The number of amides is 2. The molecule has 0 atom stereocenters. The molecule has 1 saturated carbocycles. The number of carbonyl (C=O) groups excluding carboxylic acids is 1. The van der Waals surface area contributed by atoms with Gasteiger partial charge >= 0.3 is 6.03 Å². The smallest absolute Gasteiger partial charge is 0.318 e. The standard InChI is InChI=1S/C9H15N3O/c1-12(7-6-10)9(13)11-8-4-2-3-5-8/h8H,2-5,7H2,1H3,(H,11,13). The van der Waals surface area contributed by atoms with Gasteiger partial charge in [-0.3, -0.25) is 0 Å². The Balaban J connectivity index is 2.27. The molecule has 1 aliphatic rings. The van der Waals surface area contributed by atoms with Gasteiger partial charge in [-0.1, -0.05) is 12.8 Å². The van der Waals surface area contributed by atoms with Crippen LogP contribution in [0.15, 0.2) is 0 Å². The van der Waals surface area contributed by atoms with Crippen LogP contribution in [0.5, 0.6) is 0 Å². The summed E-state index contributed by atoms with van der Waals surface area (Å²) >= 11 is 0. The van der Waals surface area contributed by atoms with Crippen LogP contribution in [0.25, 0.3) is 0 Å². The molecular weight excluding hydrogens is 166 g/mol. The monoisotopic (exact) mass is 181 g/mol. The third-order valence-electron chi connectivity index (χ3n) is 2.34. The van der Waals surface area contributed by atoms with Gasteiger partial charge < -0.3 is 10.2 Å². The van der Waals surface area contributed by atoms with Gasteiger partial charge in [0.05, 0.1) is 6.07 Å². The number of nitriles is 1. The zero-order valence-corrected chi connectivity index (χ0v) is 7.92. The van der Waals surface area contributed by atoms with E-state index in [0.29, 0.717) is 6.04 Å². The molecule has 0 heterocycles. The Labute approximate surface area is 78.5 Å². The van der Waals surface area contributed by atoms with E-state index in [1.54, 1.807) is 7.05 Å². The lowest BCUT2D eigenvalue weighted by Crippen LogP contribution is -2.42. The predicted octanol–water partition coefficient (Wildman–Crippen LogP) is 1.09. The zero-order chi connectivity index (χ0) is 9.68. The number of hydrogen-bond donors (Lipinski definition) is 1. The maximum absolute atomic E-state index is 11.4. The maximum Gasteiger partial charge on any atom is 0.318 e. The summed E-state index contributed by atoms with van der Waals surface area (Å²) in [7, 11) is 1.63. The molecule has 0 radical (unpaired) electrons. The minimum absolute atomic E-state index is 0.131. The van der Waals surface area contributed by atoms with E-state index >= 15 is 0 Å².